The normalized spacial score (nSPS) is 12.9. The zero-order valence-corrected chi connectivity index (χ0v) is 24.6. The molecule has 2 atom stereocenters. The van der Waals surface area contributed by atoms with Crippen molar-refractivity contribution in [3.63, 3.8) is 0 Å². The fourth-order valence-corrected chi connectivity index (χ4v) is 5.57. The van der Waals surface area contributed by atoms with Crippen LogP contribution in [0, 0.1) is 13.8 Å². The van der Waals surface area contributed by atoms with Crippen LogP contribution in [0.2, 0.25) is 5.02 Å². The first-order chi connectivity index (χ1) is 18.4. The molecule has 0 saturated heterocycles. The zero-order valence-electron chi connectivity index (χ0n) is 23.0. The van der Waals surface area contributed by atoms with Crippen LogP contribution in [0.1, 0.15) is 43.9 Å². The molecule has 3 rings (SSSR count). The summed E-state index contributed by atoms with van der Waals surface area (Å²) in [4.78, 5) is 28.5. The highest BCUT2D eigenvalue weighted by Crippen LogP contribution is 2.26. The maximum atomic E-state index is 13.9. The summed E-state index contributed by atoms with van der Waals surface area (Å²) in [6.07, 6.45) is 0.740. The van der Waals surface area contributed by atoms with Crippen LogP contribution in [0.3, 0.4) is 0 Å². The Bertz CT molecular complexity index is 1390. The van der Waals surface area contributed by atoms with Gasteiger partial charge in [0, 0.05) is 17.6 Å². The highest BCUT2D eigenvalue weighted by Gasteiger charge is 2.32. The summed E-state index contributed by atoms with van der Waals surface area (Å²) in [6, 6.07) is 19.5. The van der Waals surface area contributed by atoms with Gasteiger partial charge in [0.05, 0.1) is 10.6 Å². The molecule has 0 heterocycles. The third kappa shape index (κ3) is 7.83. The third-order valence-corrected chi connectivity index (χ3v) is 8.65. The van der Waals surface area contributed by atoms with Gasteiger partial charge in [-0.2, -0.15) is 0 Å². The molecule has 3 aromatic rings. The predicted octanol–water partition coefficient (Wildman–Crippen LogP) is 5.48. The number of carbonyl (C=O) groups is 2. The lowest BCUT2D eigenvalue weighted by atomic mass is 10.1. The van der Waals surface area contributed by atoms with Crippen LogP contribution in [0.15, 0.2) is 77.7 Å². The standard InChI is InChI=1S/C30H36ClN3O4S/c1-6-23(4)32-30(36)24(5)33(19-25-9-7-8-22(3)18-25)29(35)20-34(27-14-12-26(31)13-15-27)39(37,38)28-16-10-21(2)11-17-28/h7-18,23-24H,6,19-20H2,1-5H3,(H,32,36)/t23-,24-/m0/s1. The maximum absolute atomic E-state index is 13.9. The summed E-state index contributed by atoms with van der Waals surface area (Å²) in [7, 11) is -4.12. The molecule has 9 heteroatoms. The van der Waals surface area contributed by atoms with Crippen molar-refractivity contribution in [2.45, 2.75) is 64.6 Å². The van der Waals surface area contributed by atoms with Gasteiger partial charge in [0.25, 0.3) is 10.0 Å². The molecule has 0 fully saturated rings. The molecule has 1 N–H and O–H groups in total. The summed E-state index contributed by atoms with van der Waals surface area (Å²) in [5, 5.41) is 3.37. The van der Waals surface area contributed by atoms with Gasteiger partial charge >= 0.3 is 0 Å². The third-order valence-electron chi connectivity index (χ3n) is 6.61. The summed E-state index contributed by atoms with van der Waals surface area (Å²) in [5.41, 5.74) is 3.06. The van der Waals surface area contributed by atoms with Crippen molar-refractivity contribution in [3.8, 4) is 0 Å². The largest absolute Gasteiger partial charge is 0.352 e. The number of aryl methyl sites for hydroxylation is 2. The first-order valence-electron chi connectivity index (χ1n) is 12.9. The lowest BCUT2D eigenvalue weighted by Crippen LogP contribution is -2.52. The maximum Gasteiger partial charge on any atom is 0.264 e. The van der Waals surface area contributed by atoms with E-state index in [1.54, 1.807) is 43.3 Å². The van der Waals surface area contributed by atoms with E-state index in [4.69, 9.17) is 11.6 Å². The van der Waals surface area contributed by atoms with E-state index >= 15 is 0 Å². The van der Waals surface area contributed by atoms with E-state index in [1.165, 1.54) is 17.0 Å². The minimum atomic E-state index is -4.12. The van der Waals surface area contributed by atoms with E-state index in [0.29, 0.717) is 10.7 Å². The molecule has 0 spiro atoms. The smallest absolute Gasteiger partial charge is 0.264 e. The molecule has 3 aromatic carbocycles. The zero-order chi connectivity index (χ0) is 28.7. The number of carbonyl (C=O) groups excluding carboxylic acids is 2. The number of nitrogens with one attached hydrogen (secondary N) is 1. The number of amides is 2. The van der Waals surface area contributed by atoms with Crippen molar-refractivity contribution in [3.05, 3.63) is 94.5 Å². The average molecular weight is 570 g/mol. The molecule has 39 heavy (non-hydrogen) atoms. The molecule has 0 aliphatic heterocycles. The second kappa shape index (κ2) is 13.1. The average Bonchev–Trinajstić information content (AvgIpc) is 2.90. The topological polar surface area (TPSA) is 86.8 Å². The van der Waals surface area contributed by atoms with Crippen molar-refractivity contribution < 1.29 is 18.0 Å². The fraction of sp³-hybridized carbons (Fsp3) is 0.333. The molecule has 0 saturated carbocycles. The fourth-order valence-electron chi connectivity index (χ4n) is 4.03. The summed E-state index contributed by atoms with van der Waals surface area (Å²) in [5.74, 6) is -0.807. The molecular formula is C30H36ClN3O4S. The number of anilines is 1. The number of hydrogen-bond donors (Lipinski definition) is 1. The van der Waals surface area contributed by atoms with Crippen LogP contribution >= 0.6 is 11.6 Å². The van der Waals surface area contributed by atoms with E-state index in [-0.39, 0.29) is 23.4 Å². The quantitative estimate of drug-likeness (QED) is 0.331. The lowest BCUT2D eigenvalue weighted by Gasteiger charge is -2.32. The number of hydrogen-bond acceptors (Lipinski definition) is 4. The van der Waals surface area contributed by atoms with Crippen LogP contribution in [-0.2, 0) is 26.2 Å². The molecule has 0 aromatic heterocycles. The Morgan fingerprint density at radius 3 is 2.15 bits per heavy atom. The molecule has 0 unspecified atom stereocenters. The Morgan fingerprint density at radius 2 is 1.56 bits per heavy atom. The molecule has 2 amide bonds. The molecule has 0 aliphatic carbocycles. The Morgan fingerprint density at radius 1 is 0.923 bits per heavy atom. The molecule has 0 radical (unpaired) electrons. The Hall–Kier alpha value is -3.36. The highest BCUT2D eigenvalue weighted by atomic mass is 35.5. The van der Waals surface area contributed by atoms with E-state index in [1.807, 2.05) is 52.0 Å². The number of sulfonamides is 1. The number of halogens is 1. The van der Waals surface area contributed by atoms with Gasteiger partial charge in [0.15, 0.2) is 0 Å². The highest BCUT2D eigenvalue weighted by molar-refractivity contribution is 7.92. The Balaban J connectivity index is 2.02. The van der Waals surface area contributed by atoms with E-state index in [2.05, 4.69) is 5.32 Å². The van der Waals surface area contributed by atoms with Crippen LogP contribution in [0.25, 0.3) is 0 Å². The van der Waals surface area contributed by atoms with Crippen LogP contribution in [-0.4, -0.2) is 43.8 Å². The second-order valence-corrected chi connectivity index (χ2v) is 12.1. The van der Waals surface area contributed by atoms with Crippen LogP contribution < -0.4 is 9.62 Å². The minimum absolute atomic E-state index is 0.0589. The Kier molecular flexibility index (Phi) is 10.2. The monoisotopic (exact) mass is 569 g/mol. The minimum Gasteiger partial charge on any atom is -0.352 e. The van der Waals surface area contributed by atoms with Crippen molar-refractivity contribution in [2.75, 3.05) is 10.8 Å². The Labute approximate surface area is 236 Å². The first-order valence-corrected chi connectivity index (χ1v) is 14.7. The summed E-state index contributed by atoms with van der Waals surface area (Å²) in [6.45, 7) is 8.99. The van der Waals surface area contributed by atoms with E-state index in [9.17, 15) is 18.0 Å². The van der Waals surface area contributed by atoms with Crippen molar-refractivity contribution in [2.24, 2.45) is 0 Å². The molecule has 0 aliphatic rings. The second-order valence-electron chi connectivity index (χ2n) is 9.81. The number of nitrogens with zero attached hydrogens (tertiary/aromatic N) is 2. The molecule has 0 bridgehead atoms. The van der Waals surface area contributed by atoms with Gasteiger partial charge in [0.1, 0.15) is 12.6 Å². The van der Waals surface area contributed by atoms with Crippen molar-refractivity contribution in [1.82, 2.24) is 10.2 Å². The van der Waals surface area contributed by atoms with Crippen LogP contribution in [0.5, 0.6) is 0 Å². The molecule has 7 nitrogen and oxygen atoms in total. The number of benzene rings is 3. The van der Waals surface area contributed by atoms with Gasteiger partial charge in [0.2, 0.25) is 11.8 Å². The first kappa shape index (κ1) is 30.2. The van der Waals surface area contributed by atoms with E-state index in [0.717, 1.165) is 27.4 Å². The summed E-state index contributed by atoms with van der Waals surface area (Å²) >= 11 is 6.07. The van der Waals surface area contributed by atoms with Gasteiger partial charge in [-0.05, 0) is 76.1 Å². The van der Waals surface area contributed by atoms with Gasteiger partial charge in [-0.1, -0.05) is 66.0 Å². The summed E-state index contributed by atoms with van der Waals surface area (Å²) < 4.78 is 28.7. The van der Waals surface area contributed by atoms with Gasteiger partial charge in [-0.25, -0.2) is 8.42 Å². The number of rotatable bonds is 11. The lowest BCUT2D eigenvalue weighted by molar-refractivity contribution is -0.139. The van der Waals surface area contributed by atoms with Crippen LogP contribution in [0.4, 0.5) is 5.69 Å². The SMILES string of the molecule is CC[C@H](C)NC(=O)[C@H](C)N(Cc1cccc(C)c1)C(=O)CN(c1ccc(Cl)cc1)S(=O)(=O)c1ccc(C)cc1. The van der Waals surface area contributed by atoms with Crippen molar-refractivity contribution in [1.29, 1.82) is 0 Å². The van der Waals surface area contributed by atoms with Crippen molar-refractivity contribution >= 4 is 39.1 Å². The van der Waals surface area contributed by atoms with Gasteiger partial charge in [-0.3, -0.25) is 13.9 Å². The molecular weight excluding hydrogens is 534 g/mol. The van der Waals surface area contributed by atoms with Gasteiger partial charge < -0.3 is 10.2 Å². The van der Waals surface area contributed by atoms with Gasteiger partial charge in [-0.15, -0.1) is 0 Å². The molecule has 208 valence electrons. The van der Waals surface area contributed by atoms with E-state index < -0.39 is 28.5 Å². The predicted molar refractivity (Wildman–Crippen MR) is 156 cm³/mol.